The van der Waals surface area contributed by atoms with Crippen LogP contribution in [0.2, 0.25) is 0 Å². The third kappa shape index (κ3) is 3.11. The fourth-order valence-corrected chi connectivity index (χ4v) is 4.38. The van der Waals surface area contributed by atoms with Crippen molar-refractivity contribution in [2.24, 2.45) is 0 Å². The molecule has 0 saturated carbocycles. The van der Waals surface area contributed by atoms with Crippen LogP contribution in [-0.2, 0) is 6.37 Å². The smallest absolute Gasteiger partial charge is 0.124 e. The van der Waals surface area contributed by atoms with Crippen LogP contribution in [-0.4, -0.2) is 4.98 Å². The number of benzene rings is 3. The second kappa shape index (κ2) is 6.60. The zero-order valence-corrected chi connectivity index (χ0v) is 15.1. The summed E-state index contributed by atoms with van der Waals surface area (Å²) in [6, 6.07) is 23.6. The Labute approximate surface area is 163 Å². The van der Waals surface area contributed by atoms with Gasteiger partial charge < -0.3 is 0 Å². The van der Waals surface area contributed by atoms with Crippen LogP contribution in [0.25, 0.3) is 31.4 Å². The van der Waals surface area contributed by atoms with Crippen LogP contribution in [0, 0.1) is 5.82 Å². The van der Waals surface area contributed by atoms with Crippen molar-refractivity contribution in [1.82, 2.24) is 4.98 Å². The molecule has 0 aliphatic rings. The van der Waals surface area contributed by atoms with Crippen LogP contribution >= 0.6 is 11.3 Å². The Bertz CT molecular complexity index is 1350. The van der Waals surface area contributed by atoms with Crippen LogP contribution in [0.1, 0.15) is 13.9 Å². The minimum atomic E-state index is -1.62. The van der Waals surface area contributed by atoms with E-state index in [2.05, 4.69) is 11.1 Å². The normalized spacial score (nSPS) is 12.9. The van der Waals surface area contributed by atoms with Crippen molar-refractivity contribution in [3.05, 3.63) is 102 Å². The molecule has 3 heteroatoms. The third-order valence-corrected chi connectivity index (χ3v) is 5.69. The van der Waals surface area contributed by atoms with Gasteiger partial charge in [-0.25, -0.2) is 4.39 Å². The van der Waals surface area contributed by atoms with Gasteiger partial charge in [-0.3, -0.25) is 4.98 Å². The largest absolute Gasteiger partial charge is 0.256 e. The lowest BCUT2D eigenvalue weighted by atomic mass is 10.0. The number of halogens is 1. The highest BCUT2D eigenvalue weighted by atomic mass is 32.1. The van der Waals surface area contributed by atoms with E-state index in [9.17, 15) is 4.39 Å². The SMILES string of the molecule is [2H]C([2H])(c1ccccc1)c1ccnc(-c2ccc3sc4cc(F)ccc4c3c2)c1. The molecular formula is C24H16FNS. The lowest BCUT2D eigenvalue weighted by Crippen LogP contribution is -1.90. The van der Waals surface area contributed by atoms with E-state index in [1.807, 2.05) is 42.5 Å². The van der Waals surface area contributed by atoms with E-state index in [4.69, 9.17) is 2.74 Å². The second-order valence-electron chi connectivity index (χ2n) is 6.37. The van der Waals surface area contributed by atoms with Crippen LogP contribution in [0.15, 0.2) is 85.1 Å². The molecule has 0 atom stereocenters. The number of rotatable bonds is 3. The maximum atomic E-state index is 13.6. The van der Waals surface area contributed by atoms with Crippen molar-refractivity contribution < 1.29 is 7.13 Å². The van der Waals surface area contributed by atoms with Gasteiger partial charge in [-0.05, 0) is 53.9 Å². The Morgan fingerprint density at radius 2 is 1.70 bits per heavy atom. The van der Waals surface area contributed by atoms with Crippen molar-refractivity contribution in [3.8, 4) is 11.3 Å². The lowest BCUT2D eigenvalue weighted by Gasteiger charge is -2.06. The van der Waals surface area contributed by atoms with E-state index in [-0.39, 0.29) is 5.82 Å². The van der Waals surface area contributed by atoms with Gasteiger partial charge in [-0.2, -0.15) is 0 Å². The number of hydrogen-bond acceptors (Lipinski definition) is 2. The first kappa shape index (κ1) is 14.1. The third-order valence-electron chi connectivity index (χ3n) is 4.55. The van der Waals surface area contributed by atoms with Crippen molar-refractivity contribution in [1.29, 1.82) is 0 Å². The summed E-state index contributed by atoms with van der Waals surface area (Å²) in [5.74, 6) is -0.234. The molecule has 3 aromatic carbocycles. The van der Waals surface area contributed by atoms with Crippen molar-refractivity contribution in [2.45, 2.75) is 6.37 Å². The zero-order chi connectivity index (χ0) is 20.0. The van der Waals surface area contributed by atoms with Crippen LogP contribution in [0.4, 0.5) is 4.39 Å². The molecule has 1 nitrogen and oxygen atoms in total. The molecule has 0 fully saturated rings. The summed E-state index contributed by atoms with van der Waals surface area (Å²) >= 11 is 1.56. The van der Waals surface area contributed by atoms with E-state index in [1.54, 1.807) is 41.8 Å². The summed E-state index contributed by atoms with van der Waals surface area (Å²) in [7, 11) is 0. The van der Waals surface area contributed by atoms with Crippen molar-refractivity contribution >= 4 is 31.5 Å². The molecule has 2 aromatic heterocycles. The standard InChI is InChI=1S/C24H16FNS/c25-19-7-8-20-21-14-18(6-9-23(21)27-24(20)15-19)22-13-17(10-11-26-22)12-16-4-2-1-3-5-16/h1-11,13-15H,12H2/i12D2. The molecular weight excluding hydrogens is 353 g/mol. The zero-order valence-electron chi connectivity index (χ0n) is 16.3. The first-order chi connectivity index (χ1) is 14.0. The Balaban J connectivity index is 1.62. The Kier molecular flexibility index (Phi) is 3.44. The molecule has 0 saturated heterocycles. The molecule has 5 rings (SSSR count). The minimum absolute atomic E-state index is 0.234. The molecule has 2 heterocycles. The number of thiophene rings is 1. The fraction of sp³-hybridized carbons (Fsp3) is 0.0417. The van der Waals surface area contributed by atoms with Gasteiger partial charge in [0.15, 0.2) is 0 Å². The van der Waals surface area contributed by atoms with Crippen LogP contribution < -0.4 is 0 Å². The lowest BCUT2D eigenvalue weighted by molar-refractivity contribution is 0.630. The van der Waals surface area contributed by atoms with Gasteiger partial charge in [0.05, 0.1) is 5.69 Å². The molecule has 0 radical (unpaired) electrons. The number of nitrogens with zero attached hydrogens (tertiary/aromatic N) is 1. The predicted molar refractivity (Wildman–Crippen MR) is 112 cm³/mol. The molecule has 0 aliphatic carbocycles. The molecule has 0 spiro atoms. The highest BCUT2D eigenvalue weighted by molar-refractivity contribution is 7.25. The Morgan fingerprint density at radius 1 is 0.815 bits per heavy atom. The van der Waals surface area contributed by atoms with Gasteiger partial charge in [0.2, 0.25) is 0 Å². The average molecular weight is 371 g/mol. The van der Waals surface area contributed by atoms with E-state index in [0.29, 0.717) is 16.8 Å². The summed E-state index contributed by atoms with van der Waals surface area (Å²) in [6.07, 6.45) is 0.0341. The number of fused-ring (bicyclic) bond motifs is 3. The molecule has 0 aliphatic heterocycles. The number of hydrogen-bond donors (Lipinski definition) is 0. The Morgan fingerprint density at radius 3 is 2.59 bits per heavy atom. The van der Waals surface area contributed by atoms with E-state index in [1.165, 1.54) is 6.07 Å². The van der Waals surface area contributed by atoms with E-state index >= 15 is 0 Å². The average Bonchev–Trinajstić information content (AvgIpc) is 3.11. The van der Waals surface area contributed by atoms with Gasteiger partial charge in [-0.15, -0.1) is 11.3 Å². The summed E-state index contributed by atoms with van der Waals surface area (Å²) in [4.78, 5) is 4.48. The molecule has 27 heavy (non-hydrogen) atoms. The van der Waals surface area contributed by atoms with Gasteiger partial charge in [0.25, 0.3) is 0 Å². The van der Waals surface area contributed by atoms with Crippen LogP contribution in [0.5, 0.6) is 0 Å². The van der Waals surface area contributed by atoms with E-state index < -0.39 is 6.37 Å². The van der Waals surface area contributed by atoms with Gasteiger partial charge in [0.1, 0.15) is 5.82 Å². The quantitative estimate of drug-likeness (QED) is 0.338. The minimum Gasteiger partial charge on any atom is -0.256 e. The first-order valence-corrected chi connectivity index (χ1v) is 9.48. The summed E-state index contributed by atoms with van der Waals surface area (Å²) in [5.41, 5.74) is 2.79. The van der Waals surface area contributed by atoms with Gasteiger partial charge in [-0.1, -0.05) is 42.5 Å². The first-order valence-electron chi connectivity index (χ1n) is 9.67. The van der Waals surface area contributed by atoms with E-state index in [0.717, 1.165) is 25.7 Å². The maximum absolute atomic E-state index is 13.6. The van der Waals surface area contributed by atoms with Crippen LogP contribution in [0.3, 0.4) is 0 Å². The molecule has 0 amide bonds. The molecule has 0 unspecified atom stereocenters. The fourth-order valence-electron chi connectivity index (χ4n) is 3.26. The molecule has 0 N–H and O–H groups in total. The Hall–Kier alpha value is -3.04. The maximum Gasteiger partial charge on any atom is 0.124 e. The monoisotopic (exact) mass is 371 g/mol. The topological polar surface area (TPSA) is 12.9 Å². The van der Waals surface area contributed by atoms with Gasteiger partial charge >= 0.3 is 0 Å². The number of aromatic nitrogens is 1. The highest BCUT2D eigenvalue weighted by Crippen LogP contribution is 2.36. The number of pyridine rings is 1. The molecule has 0 bridgehead atoms. The summed E-state index contributed by atoms with van der Waals surface area (Å²) in [5, 5.41) is 2.07. The summed E-state index contributed by atoms with van der Waals surface area (Å²) < 4.78 is 32.8. The molecule has 130 valence electrons. The predicted octanol–water partition coefficient (Wildman–Crippen LogP) is 6.85. The van der Waals surface area contributed by atoms with Gasteiger partial charge in [0, 0.05) is 34.7 Å². The highest BCUT2D eigenvalue weighted by Gasteiger charge is 2.09. The van der Waals surface area contributed by atoms with Crippen molar-refractivity contribution in [2.75, 3.05) is 0 Å². The molecule has 5 aromatic rings. The van der Waals surface area contributed by atoms with Crippen molar-refractivity contribution in [3.63, 3.8) is 0 Å². The summed E-state index contributed by atoms with van der Waals surface area (Å²) in [6.45, 7) is 0. The second-order valence-corrected chi connectivity index (χ2v) is 7.46.